The molecule has 0 spiro atoms. The van der Waals surface area contributed by atoms with E-state index in [1.807, 2.05) is 30.3 Å². The monoisotopic (exact) mass is 563 g/mol. The molecule has 1 aromatic heterocycles. The summed E-state index contributed by atoms with van der Waals surface area (Å²) in [5.41, 5.74) is 1.97. The van der Waals surface area contributed by atoms with Crippen LogP contribution in [0.25, 0.3) is 11.8 Å². The molecule has 0 saturated heterocycles. The lowest BCUT2D eigenvalue weighted by atomic mass is 10.0. The van der Waals surface area contributed by atoms with E-state index in [0.717, 1.165) is 11.6 Å². The highest BCUT2D eigenvalue weighted by molar-refractivity contribution is 6.31. The third kappa shape index (κ3) is 7.26. The Morgan fingerprint density at radius 1 is 1.02 bits per heavy atom. The van der Waals surface area contributed by atoms with E-state index in [1.54, 1.807) is 24.3 Å². The molecule has 0 bridgehead atoms. The first kappa shape index (κ1) is 27.9. The molecule has 4 aromatic rings. The first-order valence-electron chi connectivity index (χ1n) is 11.8. The number of benzene rings is 3. The van der Waals surface area contributed by atoms with Crippen LogP contribution < -0.4 is 16.0 Å². The van der Waals surface area contributed by atoms with Crippen molar-refractivity contribution in [2.24, 2.45) is 0 Å². The zero-order valence-electron chi connectivity index (χ0n) is 21.0. The van der Waals surface area contributed by atoms with Gasteiger partial charge in [0.25, 0.3) is 0 Å². The smallest absolute Gasteiger partial charge is 0.411 e. The maximum Gasteiger partial charge on any atom is 0.411 e. The molecule has 13 heteroatoms. The number of hydrogen-bond acceptors (Lipinski definition) is 7. The van der Waals surface area contributed by atoms with Gasteiger partial charge >= 0.3 is 6.09 Å². The van der Waals surface area contributed by atoms with Crippen LogP contribution in [0.5, 0.6) is 0 Å². The summed E-state index contributed by atoms with van der Waals surface area (Å²) in [6.07, 6.45) is 3.17. The third-order valence-electron chi connectivity index (χ3n) is 5.61. The number of nitrogens with zero attached hydrogens (tertiary/aromatic N) is 4. The normalized spacial score (nSPS) is 11.6. The average molecular weight is 564 g/mol. The lowest BCUT2D eigenvalue weighted by Gasteiger charge is -2.18. The van der Waals surface area contributed by atoms with Gasteiger partial charge in [-0.05, 0) is 58.5 Å². The quantitative estimate of drug-likeness (QED) is 0.261. The Balaban J connectivity index is 1.51. The average Bonchev–Trinajstić information content (AvgIpc) is 3.50. The number of carbonyl (C=O) groups is 3. The van der Waals surface area contributed by atoms with Crippen molar-refractivity contribution < 1.29 is 23.5 Å². The van der Waals surface area contributed by atoms with E-state index in [1.165, 1.54) is 36.3 Å². The fraction of sp³-hybridized carbons (Fsp3) is 0.111. The summed E-state index contributed by atoms with van der Waals surface area (Å²) >= 11 is 5.95. The number of ether oxygens (including phenoxy) is 1. The summed E-state index contributed by atoms with van der Waals surface area (Å²) in [5.74, 6) is -1.89. The number of hydrogen-bond donors (Lipinski definition) is 3. The molecule has 0 saturated carbocycles. The lowest BCUT2D eigenvalue weighted by Crippen LogP contribution is -2.44. The van der Waals surface area contributed by atoms with Gasteiger partial charge in [-0.3, -0.25) is 14.9 Å². The van der Waals surface area contributed by atoms with Crippen LogP contribution in [-0.2, 0) is 20.7 Å². The number of tetrazole rings is 1. The zero-order valence-corrected chi connectivity index (χ0v) is 21.8. The highest BCUT2D eigenvalue weighted by Gasteiger charge is 2.21. The van der Waals surface area contributed by atoms with E-state index in [4.69, 9.17) is 11.6 Å². The first-order valence-corrected chi connectivity index (χ1v) is 12.2. The van der Waals surface area contributed by atoms with Crippen LogP contribution >= 0.6 is 11.6 Å². The summed E-state index contributed by atoms with van der Waals surface area (Å²) in [6, 6.07) is 17.4. The van der Waals surface area contributed by atoms with Gasteiger partial charge in [0.1, 0.15) is 12.4 Å². The maximum absolute atomic E-state index is 14.9. The number of carbonyl (C=O) groups excluding carboxylic acids is 3. The molecule has 11 nitrogen and oxygen atoms in total. The van der Waals surface area contributed by atoms with Crippen molar-refractivity contribution in [3.63, 3.8) is 0 Å². The van der Waals surface area contributed by atoms with Crippen molar-refractivity contribution in [3.8, 4) is 5.69 Å². The molecular weight excluding hydrogens is 541 g/mol. The van der Waals surface area contributed by atoms with Gasteiger partial charge in [-0.25, -0.2) is 9.18 Å². The van der Waals surface area contributed by atoms with E-state index in [9.17, 15) is 18.8 Å². The Morgan fingerprint density at radius 2 is 1.73 bits per heavy atom. The summed E-state index contributed by atoms with van der Waals surface area (Å²) in [6.45, 7) is 0. The number of halogens is 2. The molecule has 0 aliphatic carbocycles. The van der Waals surface area contributed by atoms with E-state index < -0.39 is 29.8 Å². The van der Waals surface area contributed by atoms with Gasteiger partial charge < -0.3 is 15.4 Å². The van der Waals surface area contributed by atoms with Crippen LogP contribution in [0.1, 0.15) is 11.1 Å². The van der Waals surface area contributed by atoms with Crippen molar-refractivity contribution >= 4 is 47.0 Å². The van der Waals surface area contributed by atoms with Crippen molar-refractivity contribution in [2.45, 2.75) is 12.5 Å². The van der Waals surface area contributed by atoms with Crippen molar-refractivity contribution in [1.29, 1.82) is 0 Å². The van der Waals surface area contributed by atoms with Crippen LogP contribution in [0.4, 0.5) is 20.6 Å². The minimum Gasteiger partial charge on any atom is -0.453 e. The molecule has 0 aliphatic heterocycles. The van der Waals surface area contributed by atoms with E-state index >= 15 is 0 Å². The van der Waals surface area contributed by atoms with E-state index in [0.29, 0.717) is 11.4 Å². The third-order valence-corrected chi connectivity index (χ3v) is 5.90. The van der Waals surface area contributed by atoms with Crippen LogP contribution in [0.3, 0.4) is 0 Å². The van der Waals surface area contributed by atoms with Crippen LogP contribution in [0.15, 0.2) is 79.1 Å². The summed E-state index contributed by atoms with van der Waals surface area (Å²) in [7, 11) is 1.25. The Bertz CT molecular complexity index is 1510. The standard InChI is InChI=1S/C27H23ClFN7O4/c1-40-27(39)32-19-9-7-18(8-10-19)31-26(38)22(15-17-5-3-2-4-6-17)33-24(37)14-11-20-23(36-16-30-34-35-36)13-12-21(28)25(20)29/h2-14,16,22H,15H2,1H3,(H,31,38)(H,32,39)(H,33,37). The minimum absolute atomic E-state index is 0.0142. The Labute approximate surface area is 233 Å². The van der Waals surface area contributed by atoms with E-state index in [-0.39, 0.29) is 22.7 Å². The topological polar surface area (TPSA) is 140 Å². The second-order valence-electron chi connectivity index (χ2n) is 8.32. The Kier molecular flexibility index (Phi) is 9.15. The molecule has 4 rings (SSSR count). The number of nitrogens with one attached hydrogen (secondary N) is 3. The van der Waals surface area contributed by atoms with Gasteiger partial charge in [-0.2, -0.15) is 4.68 Å². The summed E-state index contributed by atoms with van der Waals surface area (Å²) in [5, 5.41) is 18.7. The highest BCUT2D eigenvalue weighted by atomic mass is 35.5. The van der Waals surface area contributed by atoms with Crippen molar-refractivity contribution in [1.82, 2.24) is 25.5 Å². The molecule has 3 N–H and O–H groups in total. The predicted octanol–water partition coefficient (Wildman–Crippen LogP) is 4.01. The van der Waals surface area contributed by atoms with Gasteiger partial charge in [-0.15, -0.1) is 5.10 Å². The van der Waals surface area contributed by atoms with Crippen LogP contribution in [-0.4, -0.2) is 51.3 Å². The molecule has 3 amide bonds. The van der Waals surface area contributed by atoms with Crippen LogP contribution in [0.2, 0.25) is 5.02 Å². The lowest BCUT2D eigenvalue weighted by molar-refractivity contribution is -0.123. The number of aromatic nitrogens is 4. The molecule has 0 fully saturated rings. The van der Waals surface area contributed by atoms with Gasteiger partial charge in [0.15, 0.2) is 5.82 Å². The Hall–Kier alpha value is -5.10. The molecule has 3 aromatic carbocycles. The summed E-state index contributed by atoms with van der Waals surface area (Å²) in [4.78, 5) is 37.5. The number of anilines is 2. The first-order chi connectivity index (χ1) is 19.3. The summed E-state index contributed by atoms with van der Waals surface area (Å²) < 4.78 is 20.6. The molecule has 1 unspecified atom stereocenters. The molecule has 40 heavy (non-hydrogen) atoms. The zero-order chi connectivity index (χ0) is 28.5. The molecule has 1 atom stereocenters. The predicted molar refractivity (Wildman–Crippen MR) is 146 cm³/mol. The Morgan fingerprint density at radius 3 is 2.38 bits per heavy atom. The number of amides is 3. The molecule has 1 heterocycles. The molecule has 204 valence electrons. The van der Waals surface area contributed by atoms with Crippen molar-refractivity contribution in [3.05, 3.63) is 101 Å². The van der Waals surface area contributed by atoms with E-state index in [2.05, 4.69) is 36.2 Å². The second kappa shape index (κ2) is 13.1. The van der Waals surface area contributed by atoms with Gasteiger partial charge in [0, 0.05) is 29.4 Å². The number of rotatable bonds is 9. The van der Waals surface area contributed by atoms with Crippen molar-refractivity contribution in [2.75, 3.05) is 17.7 Å². The molecule has 0 radical (unpaired) electrons. The molecule has 0 aliphatic rings. The maximum atomic E-state index is 14.9. The van der Waals surface area contributed by atoms with Gasteiger partial charge in [0.2, 0.25) is 11.8 Å². The highest BCUT2D eigenvalue weighted by Crippen LogP contribution is 2.25. The molecular formula is C27H23ClFN7O4. The number of methoxy groups -OCH3 is 1. The fourth-order valence-electron chi connectivity index (χ4n) is 3.66. The van der Waals surface area contributed by atoms with Crippen LogP contribution in [0, 0.1) is 5.82 Å². The largest absolute Gasteiger partial charge is 0.453 e. The fourth-order valence-corrected chi connectivity index (χ4v) is 3.82. The minimum atomic E-state index is -0.976. The van der Waals surface area contributed by atoms with Gasteiger partial charge in [0.05, 0.1) is 17.8 Å². The van der Waals surface area contributed by atoms with Gasteiger partial charge in [-0.1, -0.05) is 41.9 Å². The second-order valence-corrected chi connectivity index (χ2v) is 8.72. The SMILES string of the molecule is COC(=O)Nc1ccc(NC(=O)C(Cc2ccccc2)NC(=O)C=Cc2c(-n3cnnn3)ccc(Cl)c2F)cc1.